The number of fused-ring (bicyclic) bond motifs is 3. The van der Waals surface area contributed by atoms with Crippen molar-refractivity contribution in [2.45, 2.75) is 52.4 Å². The van der Waals surface area contributed by atoms with Gasteiger partial charge in [0, 0.05) is 0 Å². The van der Waals surface area contributed by atoms with Crippen molar-refractivity contribution in [2.24, 2.45) is 0 Å². The summed E-state index contributed by atoms with van der Waals surface area (Å²) in [7, 11) is 0. The monoisotopic (exact) mass is 468 g/mol. The lowest BCUT2D eigenvalue weighted by molar-refractivity contribution is 0.590. The van der Waals surface area contributed by atoms with Crippen LogP contribution in [0.25, 0.3) is 44.8 Å². The van der Waals surface area contributed by atoms with Crippen LogP contribution in [0, 0.1) is 0 Å². The summed E-state index contributed by atoms with van der Waals surface area (Å²) < 4.78 is 0. The molecule has 0 unspecified atom stereocenters. The second kappa shape index (κ2) is 9.10. The Morgan fingerprint density at radius 2 is 1.08 bits per heavy atom. The van der Waals surface area contributed by atoms with Crippen molar-refractivity contribution in [3.05, 3.63) is 119 Å². The fraction of sp³-hybridized carbons (Fsp3) is 0.222. The van der Waals surface area contributed by atoms with Crippen LogP contribution in [0.1, 0.15) is 63.8 Å². The molecule has 0 atom stereocenters. The van der Waals surface area contributed by atoms with Gasteiger partial charge in [-0.3, -0.25) is 0 Å². The average molecular weight is 469 g/mol. The van der Waals surface area contributed by atoms with Crippen LogP contribution in [0.2, 0.25) is 0 Å². The molecule has 0 radical (unpaired) electrons. The lowest BCUT2D eigenvalue weighted by Gasteiger charge is -2.22. The maximum atomic E-state index is 2.41. The second-order valence-electron chi connectivity index (χ2n) is 12.0. The van der Waals surface area contributed by atoms with Gasteiger partial charge in [-0.15, -0.1) is 0 Å². The Morgan fingerprint density at radius 3 is 1.78 bits per heavy atom. The van der Waals surface area contributed by atoms with E-state index in [2.05, 4.69) is 151 Å². The van der Waals surface area contributed by atoms with E-state index in [1.165, 1.54) is 54.9 Å². The van der Waals surface area contributed by atoms with Gasteiger partial charge in [0.15, 0.2) is 0 Å². The van der Waals surface area contributed by atoms with E-state index in [-0.39, 0.29) is 10.8 Å². The van der Waals surface area contributed by atoms with Gasteiger partial charge in [0.05, 0.1) is 0 Å². The fourth-order valence-electron chi connectivity index (χ4n) is 4.90. The number of hydrogen-bond acceptors (Lipinski definition) is 0. The summed E-state index contributed by atoms with van der Waals surface area (Å²) in [5, 5.41) is 5.27. The molecule has 0 bridgehead atoms. The first-order chi connectivity index (χ1) is 17.1. The number of benzene rings is 5. The first-order valence-corrected chi connectivity index (χ1v) is 12.9. The van der Waals surface area contributed by atoms with Crippen molar-refractivity contribution in [3.63, 3.8) is 0 Å². The van der Waals surface area contributed by atoms with E-state index in [0.717, 1.165) is 0 Å². The Kier molecular flexibility index (Phi) is 6.08. The van der Waals surface area contributed by atoms with Crippen LogP contribution >= 0.6 is 0 Å². The zero-order chi connectivity index (χ0) is 25.5. The topological polar surface area (TPSA) is 0 Å². The molecule has 5 rings (SSSR count). The molecule has 0 aliphatic heterocycles. The molecule has 5 aromatic rings. The molecule has 0 saturated carbocycles. The molecule has 0 spiro atoms. The van der Waals surface area contributed by atoms with Gasteiger partial charge in [0.1, 0.15) is 0 Å². The quantitative estimate of drug-likeness (QED) is 0.182. The van der Waals surface area contributed by atoms with Crippen LogP contribution in [0.4, 0.5) is 0 Å². The van der Waals surface area contributed by atoms with Crippen LogP contribution in [0.15, 0.2) is 97.1 Å². The minimum atomic E-state index is 0.0940. The highest BCUT2D eigenvalue weighted by molar-refractivity contribution is 6.14. The lowest BCUT2D eigenvalue weighted by Crippen LogP contribution is -2.11. The third-order valence-electron chi connectivity index (χ3n) is 7.15. The Labute approximate surface area is 216 Å². The first kappa shape index (κ1) is 24.1. The van der Waals surface area contributed by atoms with Crippen LogP contribution in [-0.4, -0.2) is 0 Å². The van der Waals surface area contributed by atoms with E-state index < -0.39 is 0 Å². The summed E-state index contributed by atoms with van der Waals surface area (Å²) >= 11 is 0. The molecule has 0 nitrogen and oxygen atoms in total. The zero-order valence-electron chi connectivity index (χ0n) is 22.4. The molecule has 0 aliphatic rings. The van der Waals surface area contributed by atoms with E-state index >= 15 is 0 Å². The maximum absolute atomic E-state index is 2.41. The predicted molar refractivity (Wildman–Crippen MR) is 160 cm³/mol. The summed E-state index contributed by atoms with van der Waals surface area (Å²) in [6.07, 6.45) is 4.39. The first-order valence-electron chi connectivity index (χ1n) is 12.9. The van der Waals surface area contributed by atoms with E-state index in [4.69, 9.17) is 0 Å². The van der Waals surface area contributed by atoms with Crippen molar-refractivity contribution >= 4 is 33.7 Å². The van der Waals surface area contributed by atoms with Gasteiger partial charge in [-0.05, 0) is 84.0 Å². The second-order valence-corrected chi connectivity index (χ2v) is 12.0. The summed E-state index contributed by atoms with van der Waals surface area (Å²) in [4.78, 5) is 0. The van der Waals surface area contributed by atoms with E-state index in [1.807, 2.05) is 0 Å². The van der Waals surface area contributed by atoms with Gasteiger partial charge in [-0.25, -0.2) is 0 Å². The van der Waals surface area contributed by atoms with Gasteiger partial charge in [0.2, 0.25) is 0 Å². The molecular weight excluding hydrogens is 432 g/mol. The third kappa shape index (κ3) is 4.86. The highest BCUT2D eigenvalue weighted by atomic mass is 14.2. The smallest absolute Gasteiger partial charge is 0.00960 e. The van der Waals surface area contributed by atoms with Gasteiger partial charge in [-0.1, -0.05) is 133 Å². The summed E-state index contributed by atoms with van der Waals surface area (Å²) in [5.74, 6) is 0. The van der Waals surface area contributed by atoms with Gasteiger partial charge < -0.3 is 0 Å². The molecule has 0 saturated heterocycles. The Balaban J connectivity index is 1.73. The van der Waals surface area contributed by atoms with E-state index in [0.29, 0.717) is 0 Å². The minimum Gasteiger partial charge on any atom is -0.0622 e. The molecule has 0 heterocycles. The van der Waals surface area contributed by atoms with Crippen molar-refractivity contribution in [3.8, 4) is 11.1 Å². The number of hydrogen-bond donors (Lipinski definition) is 0. The molecule has 0 N–H and O–H groups in total. The van der Waals surface area contributed by atoms with Crippen LogP contribution in [0.3, 0.4) is 0 Å². The fourth-order valence-corrected chi connectivity index (χ4v) is 4.90. The molecule has 36 heavy (non-hydrogen) atoms. The summed E-state index contributed by atoms with van der Waals surface area (Å²) in [6.45, 7) is 13.7. The normalized spacial score (nSPS) is 12.6. The Hall–Kier alpha value is -3.64. The third-order valence-corrected chi connectivity index (χ3v) is 7.15. The zero-order valence-corrected chi connectivity index (χ0v) is 22.4. The molecule has 5 aromatic carbocycles. The molecule has 0 aromatic heterocycles. The predicted octanol–water partition coefficient (Wildman–Crippen LogP) is 10.4. The van der Waals surface area contributed by atoms with Crippen molar-refractivity contribution < 1.29 is 0 Å². The summed E-state index contributed by atoms with van der Waals surface area (Å²) in [5.41, 5.74) is 7.91. The Bertz CT molecular complexity index is 1570. The molecule has 180 valence electrons. The SMILES string of the molecule is CC(C)(C)c1ccc2c(c1)cc(-c1cccc(/C=C/c3ccccc3)c1)c1cc(C(C)(C)C)ccc12. The molecule has 0 fully saturated rings. The minimum absolute atomic E-state index is 0.0940. The molecule has 0 amide bonds. The summed E-state index contributed by atoms with van der Waals surface area (Å²) in [6, 6.07) is 35.9. The molecule has 0 aliphatic carbocycles. The van der Waals surface area contributed by atoms with E-state index in [9.17, 15) is 0 Å². The highest BCUT2D eigenvalue weighted by Gasteiger charge is 2.18. The van der Waals surface area contributed by atoms with Crippen LogP contribution in [0.5, 0.6) is 0 Å². The molecular formula is C36H36. The van der Waals surface area contributed by atoms with Crippen molar-refractivity contribution in [1.29, 1.82) is 0 Å². The maximum Gasteiger partial charge on any atom is -0.00960 e. The number of rotatable bonds is 3. The van der Waals surface area contributed by atoms with Crippen molar-refractivity contribution in [2.75, 3.05) is 0 Å². The van der Waals surface area contributed by atoms with Crippen molar-refractivity contribution in [1.82, 2.24) is 0 Å². The van der Waals surface area contributed by atoms with Gasteiger partial charge in [0.25, 0.3) is 0 Å². The molecule has 0 heteroatoms. The van der Waals surface area contributed by atoms with Crippen LogP contribution < -0.4 is 0 Å². The largest absolute Gasteiger partial charge is 0.0622 e. The van der Waals surface area contributed by atoms with E-state index in [1.54, 1.807) is 0 Å². The Morgan fingerprint density at radius 1 is 0.472 bits per heavy atom. The van der Waals surface area contributed by atoms with Gasteiger partial charge >= 0.3 is 0 Å². The average Bonchev–Trinajstić information content (AvgIpc) is 2.86. The highest BCUT2D eigenvalue weighted by Crippen LogP contribution is 2.39. The lowest BCUT2D eigenvalue weighted by atomic mass is 9.82. The standard InChI is InChI=1S/C36H36/c1-35(2,3)29-17-19-31-28(22-29)23-33(34-24-30(36(4,5)6)18-20-32(31)34)27-14-10-13-26(21-27)16-15-25-11-8-7-9-12-25/h7-24H,1-6H3/b16-15+. The van der Waals surface area contributed by atoms with Gasteiger partial charge in [-0.2, -0.15) is 0 Å². The van der Waals surface area contributed by atoms with Crippen LogP contribution in [-0.2, 0) is 10.8 Å².